The maximum absolute atomic E-state index is 12.2. The maximum Gasteiger partial charge on any atom is 0.255 e. The summed E-state index contributed by atoms with van der Waals surface area (Å²) in [7, 11) is 0. The fourth-order valence-corrected chi connectivity index (χ4v) is 2.17. The van der Waals surface area contributed by atoms with Crippen LogP contribution in [0.4, 0.5) is 11.4 Å². The van der Waals surface area contributed by atoms with Gasteiger partial charge in [0.25, 0.3) is 5.91 Å². The lowest BCUT2D eigenvalue weighted by Crippen LogP contribution is -2.40. The van der Waals surface area contributed by atoms with E-state index in [4.69, 9.17) is 5.73 Å². The highest BCUT2D eigenvalue weighted by Gasteiger charge is 2.19. The van der Waals surface area contributed by atoms with Gasteiger partial charge >= 0.3 is 0 Å². The van der Waals surface area contributed by atoms with Gasteiger partial charge in [0, 0.05) is 16.9 Å². The second-order valence-corrected chi connectivity index (χ2v) is 5.80. The number of rotatable bonds is 6. The molecule has 0 spiro atoms. The van der Waals surface area contributed by atoms with E-state index in [1.807, 2.05) is 44.2 Å². The van der Waals surface area contributed by atoms with Crippen LogP contribution in [0.15, 0.2) is 54.6 Å². The first-order valence-electron chi connectivity index (χ1n) is 8.04. The molecule has 0 radical (unpaired) electrons. The van der Waals surface area contributed by atoms with Gasteiger partial charge in [0.05, 0.1) is 6.04 Å². The highest BCUT2D eigenvalue weighted by Crippen LogP contribution is 2.14. The van der Waals surface area contributed by atoms with Gasteiger partial charge in [-0.1, -0.05) is 38.5 Å². The molecule has 0 saturated heterocycles. The molecule has 2 aromatic rings. The van der Waals surface area contributed by atoms with Crippen LogP contribution in [0.25, 0.3) is 0 Å². The zero-order valence-corrected chi connectivity index (χ0v) is 15.2. The van der Waals surface area contributed by atoms with Crippen molar-refractivity contribution in [2.24, 2.45) is 11.7 Å². The Balaban J connectivity index is 0.00000312. The third-order valence-corrected chi connectivity index (χ3v) is 4.01. The second-order valence-electron chi connectivity index (χ2n) is 5.80. The number of carbonyl (C=O) groups excluding carboxylic acids is 2. The molecule has 0 aromatic heterocycles. The Hall–Kier alpha value is -2.37. The third kappa shape index (κ3) is 5.89. The molecule has 4 N–H and O–H groups in total. The number of nitrogens with two attached hydrogens (primary N) is 1. The molecule has 6 heteroatoms. The molecule has 5 nitrogen and oxygen atoms in total. The van der Waals surface area contributed by atoms with Crippen LogP contribution in [0.1, 0.15) is 30.6 Å². The fourth-order valence-electron chi connectivity index (χ4n) is 2.17. The Morgan fingerprint density at radius 2 is 1.52 bits per heavy atom. The summed E-state index contributed by atoms with van der Waals surface area (Å²) in [5, 5.41) is 5.59. The number of nitrogens with one attached hydrogen (secondary N) is 2. The summed E-state index contributed by atoms with van der Waals surface area (Å²) in [4.78, 5) is 24.2. The topological polar surface area (TPSA) is 84.2 Å². The molecule has 2 aromatic carbocycles. The van der Waals surface area contributed by atoms with Crippen molar-refractivity contribution in [2.75, 3.05) is 10.6 Å². The number of anilines is 2. The highest BCUT2D eigenvalue weighted by atomic mass is 35.5. The van der Waals surface area contributed by atoms with Crippen molar-refractivity contribution in [1.82, 2.24) is 0 Å². The van der Waals surface area contributed by atoms with Crippen molar-refractivity contribution in [1.29, 1.82) is 0 Å². The minimum absolute atomic E-state index is 0. The summed E-state index contributed by atoms with van der Waals surface area (Å²) in [6, 6.07) is 15.4. The van der Waals surface area contributed by atoms with E-state index in [1.54, 1.807) is 24.3 Å². The van der Waals surface area contributed by atoms with E-state index in [1.165, 1.54) is 0 Å². The average Bonchev–Trinajstić information content (AvgIpc) is 2.61. The van der Waals surface area contributed by atoms with Crippen LogP contribution in [-0.2, 0) is 4.79 Å². The van der Waals surface area contributed by atoms with E-state index in [9.17, 15) is 9.59 Å². The molecule has 0 heterocycles. The van der Waals surface area contributed by atoms with Crippen LogP contribution in [0.5, 0.6) is 0 Å². The molecule has 0 bridgehead atoms. The van der Waals surface area contributed by atoms with Crippen molar-refractivity contribution in [2.45, 2.75) is 26.3 Å². The van der Waals surface area contributed by atoms with Gasteiger partial charge in [-0.3, -0.25) is 9.59 Å². The first kappa shape index (κ1) is 20.7. The lowest BCUT2D eigenvalue weighted by atomic mass is 9.99. The molecule has 0 fully saturated rings. The van der Waals surface area contributed by atoms with E-state index in [0.717, 1.165) is 12.1 Å². The molecule has 134 valence electrons. The molecule has 2 rings (SSSR count). The van der Waals surface area contributed by atoms with Gasteiger partial charge in [0.1, 0.15) is 0 Å². The zero-order chi connectivity index (χ0) is 17.5. The lowest BCUT2D eigenvalue weighted by molar-refractivity contribution is -0.118. The summed E-state index contributed by atoms with van der Waals surface area (Å²) >= 11 is 0. The van der Waals surface area contributed by atoms with Gasteiger partial charge in [-0.05, 0) is 42.3 Å². The first-order chi connectivity index (χ1) is 11.5. The lowest BCUT2D eigenvalue weighted by Gasteiger charge is -2.17. The quantitative estimate of drug-likeness (QED) is 0.733. The third-order valence-electron chi connectivity index (χ3n) is 4.01. The number of amides is 2. The monoisotopic (exact) mass is 361 g/mol. The van der Waals surface area contributed by atoms with Crippen molar-refractivity contribution < 1.29 is 9.59 Å². The molecule has 0 aliphatic rings. The van der Waals surface area contributed by atoms with Gasteiger partial charge in [0.2, 0.25) is 5.91 Å². The molecule has 2 amide bonds. The SMILES string of the molecule is CCC(C)C(N)C(=O)Nc1ccc(C(=O)Nc2ccccc2)cc1.Cl. The van der Waals surface area contributed by atoms with Crippen LogP contribution in [0.2, 0.25) is 0 Å². The van der Waals surface area contributed by atoms with Crippen LogP contribution in [0.3, 0.4) is 0 Å². The predicted molar refractivity (Wildman–Crippen MR) is 104 cm³/mol. The molecule has 0 aliphatic carbocycles. The number of para-hydroxylation sites is 1. The molecule has 0 aliphatic heterocycles. The number of hydrogen-bond acceptors (Lipinski definition) is 3. The fraction of sp³-hybridized carbons (Fsp3) is 0.263. The molecular formula is C19H24ClN3O2. The normalized spacial score (nSPS) is 12.4. The second kappa shape index (κ2) is 9.81. The molecular weight excluding hydrogens is 338 g/mol. The zero-order valence-electron chi connectivity index (χ0n) is 14.4. The van der Waals surface area contributed by atoms with Gasteiger partial charge in [-0.25, -0.2) is 0 Å². The summed E-state index contributed by atoms with van der Waals surface area (Å²) in [6.45, 7) is 3.94. The van der Waals surface area contributed by atoms with Gasteiger partial charge in [-0.15, -0.1) is 12.4 Å². The van der Waals surface area contributed by atoms with E-state index < -0.39 is 6.04 Å². The minimum atomic E-state index is -0.545. The Kier molecular flexibility index (Phi) is 8.11. The standard InChI is InChI=1S/C19H23N3O2.ClH/c1-3-13(2)17(20)19(24)22-16-11-9-14(10-12-16)18(23)21-15-7-5-4-6-8-15;/h4-13,17H,3,20H2,1-2H3,(H,21,23)(H,22,24);1H. The Bertz CT molecular complexity index is 690. The smallest absolute Gasteiger partial charge is 0.255 e. The Morgan fingerprint density at radius 3 is 2.08 bits per heavy atom. The average molecular weight is 362 g/mol. The van der Waals surface area contributed by atoms with Gasteiger partial charge in [0.15, 0.2) is 0 Å². The van der Waals surface area contributed by atoms with Crippen molar-refractivity contribution in [3.05, 3.63) is 60.2 Å². The number of hydrogen-bond donors (Lipinski definition) is 3. The molecule has 25 heavy (non-hydrogen) atoms. The predicted octanol–water partition coefficient (Wildman–Crippen LogP) is 3.67. The van der Waals surface area contributed by atoms with Crippen molar-refractivity contribution in [3.63, 3.8) is 0 Å². The summed E-state index contributed by atoms with van der Waals surface area (Å²) < 4.78 is 0. The maximum atomic E-state index is 12.2. The van der Waals surface area contributed by atoms with E-state index in [0.29, 0.717) is 11.3 Å². The summed E-state index contributed by atoms with van der Waals surface area (Å²) in [5.41, 5.74) is 7.78. The molecule has 2 unspecified atom stereocenters. The molecule has 0 saturated carbocycles. The summed E-state index contributed by atoms with van der Waals surface area (Å²) in [6.07, 6.45) is 0.840. The van der Waals surface area contributed by atoms with Crippen LogP contribution in [-0.4, -0.2) is 17.9 Å². The van der Waals surface area contributed by atoms with Crippen molar-refractivity contribution in [3.8, 4) is 0 Å². The number of carbonyl (C=O) groups is 2. The van der Waals surface area contributed by atoms with E-state index in [2.05, 4.69) is 10.6 Å². The number of benzene rings is 2. The Morgan fingerprint density at radius 1 is 0.960 bits per heavy atom. The van der Waals surface area contributed by atoms with Crippen LogP contribution < -0.4 is 16.4 Å². The largest absolute Gasteiger partial charge is 0.325 e. The minimum Gasteiger partial charge on any atom is -0.325 e. The molecule has 2 atom stereocenters. The van der Waals surface area contributed by atoms with Crippen LogP contribution in [0, 0.1) is 5.92 Å². The van der Waals surface area contributed by atoms with E-state index >= 15 is 0 Å². The van der Waals surface area contributed by atoms with E-state index in [-0.39, 0.29) is 30.1 Å². The van der Waals surface area contributed by atoms with Crippen LogP contribution >= 0.6 is 12.4 Å². The first-order valence-corrected chi connectivity index (χ1v) is 8.04. The highest BCUT2D eigenvalue weighted by molar-refractivity contribution is 6.04. The number of halogens is 1. The summed E-state index contributed by atoms with van der Waals surface area (Å²) in [5.74, 6) is -0.304. The van der Waals surface area contributed by atoms with Gasteiger partial charge in [-0.2, -0.15) is 0 Å². The van der Waals surface area contributed by atoms with Gasteiger partial charge < -0.3 is 16.4 Å². The Labute approximate surface area is 154 Å². The van der Waals surface area contributed by atoms with Crippen molar-refractivity contribution >= 4 is 35.6 Å².